The van der Waals surface area contributed by atoms with Gasteiger partial charge in [0.05, 0.1) is 0 Å². The van der Waals surface area contributed by atoms with Crippen molar-refractivity contribution in [1.29, 1.82) is 0 Å². The predicted octanol–water partition coefficient (Wildman–Crippen LogP) is 2.28. The number of alkyl halides is 2. The summed E-state index contributed by atoms with van der Waals surface area (Å²) < 4.78 is 0. The molecular weight excluding hydrogens is 247 g/mol. The molecule has 1 amide bonds. The van der Waals surface area contributed by atoms with Gasteiger partial charge in [0.1, 0.15) is 10.7 Å². The van der Waals surface area contributed by atoms with Gasteiger partial charge in [-0.2, -0.15) is 0 Å². The third-order valence-corrected chi connectivity index (χ3v) is 3.79. The van der Waals surface area contributed by atoms with Crippen molar-refractivity contribution in [2.75, 3.05) is 17.3 Å². The fourth-order valence-corrected chi connectivity index (χ4v) is 2.55. The van der Waals surface area contributed by atoms with E-state index in [0.29, 0.717) is 18.2 Å². The summed E-state index contributed by atoms with van der Waals surface area (Å²) in [6.45, 7) is 2.24. The summed E-state index contributed by atoms with van der Waals surface area (Å²) in [5, 5.41) is 0. The van der Waals surface area contributed by atoms with Gasteiger partial charge in [-0.1, -0.05) is 6.07 Å². The number of halogens is 2. The first kappa shape index (κ1) is 11.7. The Balaban J connectivity index is 2.30. The molecule has 0 spiro atoms. The quantitative estimate of drug-likeness (QED) is 0.763. The van der Waals surface area contributed by atoms with Crippen molar-refractivity contribution in [2.24, 2.45) is 5.92 Å². The van der Waals surface area contributed by atoms with Crippen molar-refractivity contribution in [1.82, 2.24) is 4.98 Å². The highest BCUT2D eigenvalue weighted by atomic mass is 35.5. The molecule has 16 heavy (non-hydrogen) atoms. The molecule has 1 fully saturated rings. The Kier molecular flexibility index (Phi) is 3.08. The van der Waals surface area contributed by atoms with Gasteiger partial charge in [0.2, 0.25) is 5.91 Å². The Hall–Kier alpha value is -0.800. The van der Waals surface area contributed by atoms with Crippen molar-refractivity contribution < 1.29 is 4.79 Å². The molecule has 2 heterocycles. The van der Waals surface area contributed by atoms with Crippen LogP contribution in [0, 0.1) is 5.92 Å². The van der Waals surface area contributed by atoms with E-state index in [1.807, 2.05) is 12.1 Å². The molecule has 2 rings (SSSR count). The van der Waals surface area contributed by atoms with Gasteiger partial charge in [-0.25, -0.2) is 4.98 Å². The van der Waals surface area contributed by atoms with E-state index in [-0.39, 0.29) is 11.8 Å². The van der Waals surface area contributed by atoms with E-state index in [1.165, 1.54) is 0 Å². The molecule has 3 nitrogen and oxygen atoms in total. The van der Waals surface area contributed by atoms with Crippen LogP contribution in [-0.4, -0.2) is 28.2 Å². The highest BCUT2D eigenvalue weighted by molar-refractivity contribution is 6.38. The Bertz CT molecular complexity index is 394. The van der Waals surface area contributed by atoms with E-state index < -0.39 is 4.87 Å². The molecular formula is C11H12Cl2N2O. The Morgan fingerprint density at radius 2 is 2.38 bits per heavy atom. The van der Waals surface area contributed by atoms with Crippen LogP contribution >= 0.6 is 23.2 Å². The highest BCUT2D eigenvalue weighted by Gasteiger charge is 2.49. The number of pyridine rings is 1. The molecule has 2 atom stereocenters. The minimum atomic E-state index is -0.917. The molecule has 1 saturated heterocycles. The van der Waals surface area contributed by atoms with Gasteiger partial charge in [-0.05, 0) is 19.1 Å². The van der Waals surface area contributed by atoms with Gasteiger partial charge in [0.15, 0.2) is 0 Å². The standard InChI is InChI=1S/C11H12Cl2N2O/c1-11(13)8(6-12)7-15(10(11)16)9-4-2-3-5-14-9/h2-5,8H,6-7H2,1H3. The lowest BCUT2D eigenvalue weighted by molar-refractivity contribution is -0.119. The summed E-state index contributed by atoms with van der Waals surface area (Å²) in [4.78, 5) is 16.9. The smallest absolute Gasteiger partial charge is 0.249 e. The summed E-state index contributed by atoms with van der Waals surface area (Å²) in [6, 6.07) is 5.44. The number of carbonyl (C=O) groups is 1. The maximum absolute atomic E-state index is 12.1. The first-order valence-corrected chi connectivity index (χ1v) is 5.96. The molecule has 0 saturated carbocycles. The van der Waals surface area contributed by atoms with Gasteiger partial charge in [-0.15, -0.1) is 23.2 Å². The van der Waals surface area contributed by atoms with Gasteiger partial charge >= 0.3 is 0 Å². The average Bonchev–Trinajstić information content (AvgIpc) is 2.52. The number of amides is 1. The summed E-state index contributed by atoms with van der Waals surface area (Å²) in [7, 11) is 0. The maximum atomic E-state index is 12.1. The van der Waals surface area contributed by atoms with E-state index in [4.69, 9.17) is 23.2 Å². The first-order valence-electron chi connectivity index (χ1n) is 5.05. The van der Waals surface area contributed by atoms with Crippen molar-refractivity contribution >= 4 is 34.9 Å². The number of carbonyl (C=O) groups excluding carboxylic acids is 1. The Morgan fingerprint density at radius 3 is 2.88 bits per heavy atom. The molecule has 1 aliphatic rings. The average molecular weight is 259 g/mol. The normalized spacial score (nSPS) is 29.8. The van der Waals surface area contributed by atoms with E-state index in [9.17, 15) is 4.79 Å². The number of nitrogens with zero attached hydrogens (tertiary/aromatic N) is 2. The Morgan fingerprint density at radius 1 is 1.62 bits per heavy atom. The van der Waals surface area contributed by atoms with Gasteiger partial charge in [0, 0.05) is 24.5 Å². The van der Waals surface area contributed by atoms with Crippen LogP contribution in [0.4, 0.5) is 5.82 Å². The molecule has 1 aromatic rings. The zero-order valence-corrected chi connectivity index (χ0v) is 10.4. The minimum absolute atomic E-state index is 0.0506. The van der Waals surface area contributed by atoms with Crippen molar-refractivity contribution in [3.8, 4) is 0 Å². The molecule has 0 radical (unpaired) electrons. The van der Waals surface area contributed by atoms with Gasteiger partial charge in [0.25, 0.3) is 0 Å². The lowest BCUT2D eigenvalue weighted by Crippen LogP contribution is -2.36. The topological polar surface area (TPSA) is 33.2 Å². The zero-order chi connectivity index (χ0) is 11.8. The fraction of sp³-hybridized carbons (Fsp3) is 0.455. The van der Waals surface area contributed by atoms with Crippen LogP contribution in [0.1, 0.15) is 6.92 Å². The van der Waals surface area contributed by atoms with E-state index in [2.05, 4.69) is 4.98 Å². The Labute approximate surface area is 104 Å². The summed E-state index contributed by atoms with van der Waals surface area (Å²) in [6.07, 6.45) is 1.65. The van der Waals surface area contributed by atoms with Crippen LogP contribution in [0.25, 0.3) is 0 Å². The van der Waals surface area contributed by atoms with Crippen LogP contribution in [0.5, 0.6) is 0 Å². The van der Waals surface area contributed by atoms with Crippen molar-refractivity contribution in [3.05, 3.63) is 24.4 Å². The summed E-state index contributed by atoms with van der Waals surface area (Å²) in [5.74, 6) is 0.825. The predicted molar refractivity (Wildman–Crippen MR) is 65.1 cm³/mol. The third kappa shape index (κ3) is 1.78. The van der Waals surface area contributed by atoms with Crippen LogP contribution in [0.2, 0.25) is 0 Å². The molecule has 0 N–H and O–H groups in total. The van der Waals surface area contributed by atoms with Gasteiger partial charge in [-0.3, -0.25) is 9.69 Å². The van der Waals surface area contributed by atoms with E-state index in [0.717, 1.165) is 0 Å². The second-order valence-electron chi connectivity index (χ2n) is 4.03. The van der Waals surface area contributed by atoms with E-state index in [1.54, 1.807) is 24.1 Å². The first-order chi connectivity index (χ1) is 7.57. The van der Waals surface area contributed by atoms with Crippen LogP contribution < -0.4 is 4.90 Å². The zero-order valence-electron chi connectivity index (χ0n) is 8.86. The van der Waals surface area contributed by atoms with Crippen molar-refractivity contribution in [3.63, 3.8) is 0 Å². The number of anilines is 1. The lowest BCUT2D eigenvalue weighted by Gasteiger charge is -2.18. The molecule has 0 bridgehead atoms. The lowest BCUT2D eigenvalue weighted by atomic mass is 9.99. The monoisotopic (exact) mass is 258 g/mol. The molecule has 1 aliphatic heterocycles. The maximum Gasteiger partial charge on any atom is 0.249 e. The molecule has 86 valence electrons. The SMILES string of the molecule is CC1(Cl)C(=O)N(c2ccccn2)CC1CCl. The molecule has 0 aliphatic carbocycles. The largest absolute Gasteiger partial charge is 0.295 e. The number of hydrogen-bond donors (Lipinski definition) is 0. The fourth-order valence-electron chi connectivity index (χ4n) is 1.82. The molecule has 1 aromatic heterocycles. The van der Waals surface area contributed by atoms with Crippen LogP contribution in [0.3, 0.4) is 0 Å². The number of hydrogen-bond acceptors (Lipinski definition) is 2. The third-order valence-electron chi connectivity index (χ3n) is 2.95. The van der Waals surface area contributed by atoms with Crippen molar-refractivity contribution in [2.45, 2.75) is 11.8 Å². The van der Waals surface area contributed by atoms with Crippen LogP contribution in [0.15, 0.2) is 24.4 Å². The highest BCUT2D eigenvalue weighted by Crippen LogP contribution is 2.37. The number of rotatable bonds is 2. The molecule has 2 unspecified atom stereocenters. The van der Waals surface area contributed by atoms with E-state index >= 15 is 0 Å². The van der Waals surface area contributed by atoms with Crippen LogP contribution in [-0.2, 0) is 4.79 Å². The second kappa shape index (κ2) is 4.22. The van der Waals surface area contributed by atoms with Gasteiger partial charge < -0.3 is 0 Å². The summed E-state index contributed by atoms with van der Waals surface area (Å²) >= 11 is 12.1. The molecule has 5 heteroatoms. The minimum Gasteiger partial charge on any atom is -0.295 e. The summed E-state index contributed by atoms with van der Waals surface area (Å²) in [5.41, 5.74) is 0. The molecule has 0 aromatic carbocycles. The second-order valence-corrected chi connectivity index (χ2v) is 5.12. The number of aromatic nitrogens is 1.